The molecule has 0 aliphatic carbocycles. The van der Waals surface area contributed by atoms with Crippen LogP contribution in [0.15, 0.2) is 35.1 Å². The SMILES string of the molecule is Cc1cc(NC(=O)c2cncc(C=CC(=O)O)c2)on1. The molecule has 2 aromatic heterocycles. The minimum absolute atomic E-state index is 0.235. The molecule has 2 heterocycles. The van der Waals surface area contributed by atoms with E-state index >= 15 is 0 Å². The number of carbonyl (C=O) groups excluding carboxylic acids is 1. The van der Waals surface area contributed by atoms with Crippen LogP contribution in [0.25, 0.3) is 6.08 Å². The second-order valence-corrected chi connectivity index (χ2v) is 3.97. The van der Waals surface area contributed by atoms with Crippen LogP contribution in [0.4, 0.5) is 5.88 Å². The van der Waals surface area contributed by atoms with Gasteiger partial charge in [0.2, 0.25) is 5.88 Å². The number of rotatable bonds is 4. The summed E-state index contributed by atoms with van der Waals surface area (Å²) < 4.78 is 4.87. The monoisotopic (exact) mass is 273 g/mol. The number of nitrogens with one attached hydrogen (secondary N) is 1. The van der Waals surface area contributed by atoms with Gasteiger partial charge in [0, 0.05) is 24.5 Å². The van der Waals surface area contributed by atoms with Gasteiger partial charge >= 0.3 is 5.97 Å². The van der Waals surface area contributed by atoms with Gasteiger partial charge in [-0.05, 0) is 24.6 Å². The van der Waals surface area contributed by atoms with Gasteiger partial charge in [-0.25, -0.2) is 4.79 Å². The molecular weight excluding hydrogens is 262 g/mol. The maximum absolute atomic E-state index is 11.9. The van der Waals surface area contributed by atoms with Crippen LogP contribution in [-0.2, 0) is 4.79 Å². The quantitative estimate of drug-likeness (QED) is 0.822. The summed E-state index contributed by atoms with van der Waals surface area (Å²) in [5, 5.41) is 14.7. The maximum Gasteiger partial charge on any atom is 0.328 e. The highest BCUT2D eigenvalue weighted by atomic mass is 16.5. The first-order chi connectivity index (χ1) is 9.54. The molecule has 0 bridgehead atoms. The Labute approximate surface area is 113 Å². The van der Waals surface area contributed by atoms with Crippen LogP contribution >= 0.6 is 0 Å². The Morgan fingerprint density at radius 1 is 1.35 bits per heavy atom. The van der Waals surface area contributed by atoms with Crippen molar-refractivity contribution in [2.75, 3.05) is 5.32 Å². The number of nitrogens with zero attached hydrogens (tertiary/aromatic N) is 2. The third kappa shape index (κ3) is 3.52. The summed E-state index contributed by atoms with van der Waals surface area (Å²) in [7, 11) is 0. The van der Waals surface area contributed by atoms with E-state index in [2.05, 4.69) is 15.5 Å². The molecule has 1 amide bonds. The van der Waals surface area contributed by atoms with Gasteiger partial charge in [-0.15, -0.1) is 0 Å². The van der Waals surface area contributed by atoms with Crippen LogP contribution in [-0.4, -0.2) is 27.1 Å². The van der Waals surface area contributed by atoms with Crippen LogP contribution < -0.4 is 5.32 Å². The molecule has 0 aliphatic rings. The Morgan fingerprint density at radius 2 is 2.15 bits per heavy atom. The van der Waals surface area contributed by atoms with Gasteiger partial charge in [0.1, 0.15) is 0 Å². The van der Waals surface area contributed by atoms with Gasteiger partial charge in [-0.1, -0.05) is 5.16 Å². The van der Waals surface area contributed by atoms with Crippen LogP contribution in [0.2, 0.25) is 0 Å². The first-order valence-corrected chi connectivity index (χ1v) is 5.65. The lowest BCUT2D eigenvalue weighted by Gasteiger charge is -2.01. The average Bonchev–Trinajstić information content (AvgIpc) is 2.82. The van der Waals surface area contributed by atoms with E-state index in [9.17, 15) is 9.59 Å². The largest absolute Gasteiger partial charge is 0.478 e. The lowest BCUT2D eigenvalue weighted by Crippen LogP contribution is -2.11. The van der Waals surface area contributed by atoms with E-state index in [1.807, 2.05) is 0 Å². The van der Waals surface area contributed by atoms with E-state index in [1.165, 1.54) is 24.5 Å². The van der Waals surface area contributed by atoms with Crippen molar-refractivity contribution >= 4 is 23.8 Å². The van der Waals surface area contributed by atoms with Crippen LogP contribution in [0.5, 0.6) is 0 Å². The molecule has 0 saturated heterocycles. The summed E-state index contributed by atoms with van der Waals surface area (Å²) >= 11 is 0. The van der Waals surface area contributed by atoms with Crippen molar-refractivity contribution in [1.29, 1.82) is 0 Å². The van der Waals surface area contributed by atoms with Gasteiger partial charge in [0.15, 0.2) is 0 Å². The lowest BCUT2D eigenvalue weighted by atomic mass is 10.2. The molecule has 0 saturated carbocycles. The molecule has 0 spiro atoms. The van der Waals surface area contributed by atoms with E-state index in [-0.39, 0.29) is 11.4 Å². The molecule has 7 nitrogen and oxygen atoms in total. The second kappa shape index (κ2) is 5.79. The number of amides is 1. The van der Waals surface area contributed by atoms with Gasteiger partial charge in [0.05, 0.1) is 11.3 Å². The summed E-state index contributed by atoms with van der Waals surface area (Å²) in [6.07, 6.45) is 5.15. The molecule has 2 N–H and O–H groups in total. The highest BCUT2D eigenvalue weighted by Gasteiger charge is 2.09. The molecule has 2 aromatic rings. The van der Waals surface area contributed by atoms with Gasteiger partial charge in [0.25, 0.3) is 5.91 Å². The Bertz CT molecular complexity index is 676. The number of aryl methyl sites for hydroxylation is 1. The van der Waals surface area contributed by atoms with Crippen molar-refractivity contribution < 1.29 is 19.2 Å². The molecule has 0 atom stereocenters. The van der Waals surface area contributed by atoms with Crippen molar-refractivity contribution in [3.05, 3.63) is 47.4 Å². The fourth-order valence-electron chi connectivity index (χ4n) is 1.45. The highest BCUT2D eigenvalue weighted by molar-refractivity contribution is 6.03. The molecule has 2 rings (SSSR count). The molecule has 0 unspecified atom stereocenters. The normalized spacial score (nSPS) is 10.7. The number of aliphatic carboxylic acids is 1. The Kier molecular flexibility index (Phi) is 3.90. The minimum Gasteiger partial charge on any atom is -0.478 e. The third-order valence-electron chi connectivity index (χ3n) is 2.30. The number of anilines is 1. The smallest absolute Gasteiger partial charge is 0.328 e. The second-order valence-electron chi connectivity index (χ2n) is 3.97. The number of hydrogen-bond donors (Lipinski definition) is 2. The topological polar surface area (TPSA) is 105 Å². The summed E-state index contributed by atoms with van der Waals surface area (Å²) in [6.45, 7) is 1.73. The van der Waals surface area contributed by atoms with E-state index < -0.39 is 11.9 Å². The molecule has 0 aliphatic heterocycles. The van der Waals surface area contributed by atoms with Crippen molar-refractivity contribution in [3.8, 4) is 0 Å². The first-order valence-electron chi connectivity index (χ1n) is 5.65. The van der Waals surface area contributed by atoms with Gasteiger partial charge < -0.3 is 9.63 Å². The zero-order chi connectivity index (χ0) is 14.5. The molecule has 7 heteroatoms. The van der Waals surface area contributed by atoms with Crippen molar-refractivity contribution in [2.24, 2.45) is 0 Å². The maximum atomic E-state index is 11.9. The van der Waals surface area contributed by atoms with Crippen molar-refractivity contribution in [1.82, 2.24) is 10.1 Å². The van der Waals surface area contributed by atoms with Crippen LogP contribution in [0.3, 0.4) is 0 Å². The van der Waals surface area contributed by atoms with Crippen LogP contribution in [0.1, 0.15) is 21.6 Å². The fraction of sp³-hybridized carbons (Fsp3) is 0.0769. The van der Waals surface area contributed by atoms with Gasteiger partial charge in [-0.3, -0.25) is 15.1 Å². The van der Waals surface area contributed by atoms with Crippen molar-refractivity contribution in [2.45, 2.75) is 6.92 Å². The zero-order valence-electron chi connectivity index (χ0n) is 10.5. The number of hydrogen-bond acceptors (Lipinski definition) is 5. The molecule has 0 aromatic carbocycles. The number of carboxylic acid groups (broad SMARTS) is 1. The molecular formula is C13H11N3O4. The molecule has 0 fully saturated rings. The van der Waals surface area contributed by atoms with Gasteiger partial charge in [-0.2, -0.15) is 0 Å². The Hall–Kier alpha value is -2.96. The van der Waals surface area contributed by atoms with E-state index in [0.717, 1.165) is 6.08 Å². The van der Waals surface area contributed by atoms with E-state index in [1.54, 1.807) is 13.0 Å². The molecule has 102 valence electrons. The molecule has 0 radical (unpaired) electrons. The first kappa shape index (κ1) is 13.5. The predicted molar refractivity (Wildman–Crippen MR) is 70.1 cm³/mol. The van der Waals surface area contributed by atoms with E-state index in [0.29, 0.717) is 11.3 Å². The fourth-order valence-corrected chi connectivity index (χ4v) is 1.45. The summed E-state index contributed by atoms with van der Waals surface area (Å²) in [5.74, 6) is -1.25. The summed E-state index contributed by atoms with van der Waals surface area (Å²) in [5.41, 5.74) is 1.44. The predicted octanol–water partition coefficient (Wildman–Crippen LogP) is 1.73. The zero-order valence-corrected chi connectivity index (χ0v) is 10.5. The van der Waals surface area contributed by atoms with E-state index in [4.69, 9.17) is 9.63 Å². The number of carbonyl (C=O) groups is 2. The summed E-state index contributed by atoms with van der Waals surface area (Å²) in [6, 6.07) is 3.10. The van der Waals surface area contributed by atoms with Crippen LogP contribution in [0, 0.1) is 6.92 Å². The Morgan fingerprint density at radius 3 is 2.80 bits per heavy atom. The number of aromatic nitrogens is 2. The third-order valence-corrected chi connectivity index (χ3v) is 2.30. The lowest BCUT2D eigenvalue weighted by molar-refractivity contribution is -0.131. The highest BCUT2D eigenvalue weighted by Crippen LogP contribution is 2.11. The average molecular weight is 273 g/mol. The number of carboxylic acids is 1. The number of pyridine rings is 1. The standard InChI is InChI=1S/C13H11N3O4/c1-8-4-11(20-16-8)15-13(19)10-5-9(6-14-7-10)2-3-12(17)18/h2-7H,1H3,(H,15,19)(H,17,18). The molecule has 20 heavy (non-hydrogen) atoms. The minimum atomic E-state index is -1.07. The Balaban J connectivity index is 2.14. The van der Waals surface area contributed by atoms with Crippen molar-refractivity contribution in [3.63, 3.8) is 0 Å². The summed E-state index contributed by atoms with van der Waals surface area (Å²) in [4.78, 5) is 26.2.